The number of aromatic nitrogens is 1. The van der Waals surface area contributed by atoms with Crippen LogP contribution in [0.25, 0.3) is 11.3 Å². The van der Waals surface area contributed by atoms with Crippen LogP contribution in [0.1, 0.15) is 33.1 Å². The maximum atomic E-state index is 12.9. The molecule has 0 saturated heterocycles. The molecule has 1 amide bonds. The minimum Gasteiger partial charge on any atom is -0.496 e. The smallest absolute Gasteiger partial charge is 0.340 e. The Morgan fingerprint density at radius 2 is 1.75 bits per heavy atom. The standard InChI is InChI=1S/C22H20N2O4/c1-12-17(22(26)28-3)19(18-13-8-4-6-10-15(13)24-21(18)25)20(23-12)14-9-5-7-11-16(14)27-2/h4-11,18,23H,1-3H3,(H,24,25). The Morgan fingerprint density at radius 3 is 2.50 bits per heavy atom. The Bertz CT molecular complexity index is 1080. The number of anilines is 1. The fourth-order valence-electron chi connectivity index (χ4n) is 3.86. The molecule has 2 heterocycles. The SMILES string of the molecule is COC(=O)c1c(C)[nH]c(-c2ccccc2OC)c1C1C(=O)Nc2ccccc21. The average Bonchev–Trinajstić information content (AvgIpc) is 3.22. The van der Waals surface area contributed by atoms with Gasteiger partial charge < -0.3 is 19.8 Å². The summed E-state index contributed by atoms with van der Waals surface area (Å²) in [5.74, 6) is -0.646. The van der Waals surface area contributed by atoms with Crippen LogP contribution in [0, 0.1) is 6.92 Å². The lowest BCUT2D eigenvalue weighted by Crippen LogP contribution is -2.17. The molecular weight excluding hydrogens is 356 g/mol. The summed E-state index contributed by atoms with van der Waals surface area (Å²) in [7, 11) is 2.93. The molecule has 2 aromatic carbocycles. The van der Waals surface area contributed by atoms with Crippen molar-refractivity contribution < 1.29 is 19.1 Å². The van der Waals surface area contributed by atoms with Gasteiger partial charge in [0.05, 0.1) is 31.4 Å². The summed E-state index contributed by atoms with van der Waals surface area (Å²) in [5, 5.41) is 2.91. The Labute approximate surface area is 162 Å². The van der Waals surface area contributed by atoms with Crippen molar-refractivity contribution in [2.45, 2.75) is 12.8 Å². The number of carbonyl (C=O) groups excluding carboxylic acids is 2. The lowest BCUT2D eigenvalue weighted by Gasteiger charge is -2.15. The molecule has 0 saturated carbocycles. The molecule has 1 aromatic heterocycles. The highest BCUT2D eigenvalue weighted by Crippen LogP contribution is 2.45. The third-order valence-corrected chi connectivity index (χ3v) is 5.07. The van der Waals surface area contributed by atoms with Crippen molar-refractivity contribution in [3.8, 4) is 17.0 Å². The fraction of sp³-hybridized carbons (Fsp3) is 0.182. The number of fused-ring (bicyclic) bond motifs is 1. The second-order valence-corrected chi connectivity index (χ2v) is 6.62. The summed E-state index contributed by atoms with van der Waals surface area (Å²) in [6.45, 7) is 1.80. The van der Waals surface area contributed by atoms with E-state index in [1.54, 1.807) is 14.0 Å². The molecule has 0 spiro atoms. The topological polar surface area (TPSA) is 80.4 Å². The van der Waals surface area contributed by atoms with Gasteiger partial charge in [-0.05, 0) is 30.7 Å². The van der Waals surface area contributed by atoms with Crippen LogP contribution < -0.4 is 10.1 Å². The molecule has 1 unspecified atom stereocenters. The Hall–Kier alpha value is -3.54. The summed E-state index contributed by atoms with van der Waals surface area (Å²) >= 11 is 0. The number of aryl methyl sites for hydroxylation is 1. The van der Waals surface area contributed by atoms with Crippen LogP contribution in [-0.4, -0.2) is 31.1 Å². The van der Waals surface area contributed by atoms with Gasteiger partial charge in [-0.1, -0.05) is 30.3 Å². The van der Waals surface area contributed by atoms with E-state index in [9.17, 15) is 9.59 Å². The first-order chi connectivity index (χ1) is 13.6. The van der Waals surface area contributed by atoms with Crippen LogP contribution in [0.5, 0.6) is 5.75 Å². The van der Waals surface area contributed by atoms with E-state index in [1.165, 1.54) is 7.11 Å². The zero-order valence-corrected chi connectivity index (χ0v) is 15.8. The highest BCUT2D eigenvalue weighted by molar-refractivity contribution is 6.08. The van der Waals surface area contributed by atoms with Crippen LogP contribution in [0.3, 0.4) is 0 Å². The number of amides is 1. The predicted molar refractivity (Wildman–Crippen MR) is 106 cm³/mol. The van der Waals surface area contributed by atoms with Gasteiger partial charge in [0.1, 0.15) is 5.75 Å². The number of methoxy groups -OCH3 is 2. The van der Waals surface area contributed by atoms with Gasteiger partial charge in [-0.25, -0.2) is 4.79 Å². The summed E-state index contributed by atoms with van der Waals surface area (Å²) in [6, 6.07) is 15.0. The number of hydrogen-bond donors (Lipinski definition) is 2. The summed E-state index contributed by atoms with van der Waals surface area (Å²) < 4.78 is 10.5. The number of nitrogens with one attached hydrogen (secondary N) is 2. The third kappa shape index (κ3) is 2.65. The van der Waals surface area contributed by atoms with Crippen molar-refractivity contribution in [2.75, 3.05) is 19.5 Å². The molecule has 0 fully saturated rings. The van der Waals surface area contributed by atoms with Gasteiger partial charge in [-0.15, -0.1) is 0 Å². The van der Waals surface area contributed by atoms with Gasteiger partial charge in [0.25, 0.3) is 0 Å². The van der Waals surface area contributed by atoms with Crippen molar-refractivity contribution >= 4 is 17.6 Å². The fourth-order valence-corrected chi connectivity index (χ4v) is 3.86. The van der Waals surface area contributed by atoms with Crippen LogP contribution in [0.15, 0.2) is 48.5 Å². The Morgan fingerprint density at radius 1 is 1.04 bits per heavy atom. The molecule has 3 aromatic rings. The highest BCUT2D eigenvalue weighted by atomic mass is 16.5. The lowest BCUT2D eigenvalue weighted by atomic mass is 9.87. The molecule has 2 N–H and O–H groups in total. The van der Waals surface area contributed by atoms with Gasteiger partial charge >= 0.3 is 5.97 Å². The number of carbonyl (C=O) groups is 2. The lowest BCUT2D eigenvalue weighted by molar-refractivity contribution is -0.116. The first-order valence-electron chi connectivity index (χ1n) is 8.90. The number of H-pyrrole nitrogens is 1. The second-order valence-electron chi connectivity index (χ2n) is 6.62. The Balaban J connectivity index is 2.03. The van der Waals surface area contributed by atoms with E-state index in [1.807, 2.05) is 48.5 Å². The number of esters is 1. The number of benzene rings is 2. The average molecular weight is 376 g/mol. The van der Waals surface area contributed by atoms with Crippen molar-refractivity contribution in [1.29, 1.82) is 0 Å². The minimum absolute atomic E-state index is 0.179. The quantitative estimate of drug-likeness (QED) is 0.678. The zero-order valence-electron chi connectivity index (χ0n) is 15.8. The molecule has 142 valence electrons. The second kappa shape index (κ2) is 6.88. The van der Waals surface area contributed by atoms with E-state index in [4.69, 9.17) is 9.47 Å². The van der Waals surface area contributed by atoms with E-state index in [0.29, 0.717) is 28.3 Å². The van der Waals surface area contributed by atoms with Gasteiger partial charge in [0.15, 0.2) is 0 Å². The molecule has 1 atom stereocenters. The molecule has 4 rings (SSSR count). The number of rotatable bonds is 4. The first-order valence-corrected chi connectivity index (χ1v) is 8.90. The van der Waals surface area contributed by atoms with Crippen molar-refractivity contribution in [3.05, 3.63) is 70.9 Å². The normalized spacial score (nSPS) is 15.1. The van der Waals surface area contributed by atoms with Crippen LogP contribution in [0.4, 0.5) is 5.69 Å². The summed E-state index contributed by atoms with van der Waals surface area (Å²) in [4.78, 5) is 28.8. The van der Waals surface area contributed by atoms with Crippen molar-refractivity contribution in [3.63, 3.8) is 0 Å². The van der Waals surface area contributed by atoms with E-state index >= 15 is 0 Å². The van der Waals surface area contributed by atoms with Gasteiger partial charge in [0.2, 0.25) is 5.91 Å². The Kier molecular flexibility index (Phi) is 4.39. The number of para-hydroxylation sites is 2. The number of hydrogen-bond acceptors (Lipinski definition) is 4. The number of aromatic amines is 1. The van der Waals surface area contributed by atoms with Crippen LogP contribution >= 0.6 is 0 Å². The molecule has 0 aliphatic carbocycles. The predicted octanol–water partition coefficient (Wildman–Crippen LogP) is 3.87. The van der Waals surface area contributed by atoms with Crippen LogP contribution in [-0.2, 0) is 9.53 Å². The van der Waals surface area contributed by atoms with Crippen molar-refractivity contribution in [2.24, 2.45) is 0 Å². The molecule has 0 radical (unpaired) electrons. The highest BCUT2D eigenvalue weighted by Gasteiger charge is 2.38. The van der Waals surface area contributed by atoms with E-state index in [-0.39, 0.29) is 5.91 Å². The maximum absolute atomic E-state index is 12.9. The first kappa shape index (κ1) is 17.9. The zero-order chi connectivity index (χ0) is 19.8. The van der Waals surface area contributed by atoms with Crippen molar-refractivity contribution in [1.82, 2.24) is 4.98 Å². The monoisotopic (exact) mass is 376 g/mol. The van der Waals surface area contributed by atoms with Crippen LogP contribution in [0.2, 0.25) is 0 Å². The van der Waals surface area contributed by atoms with E-state index in [0.717, 1.165) is 16.8 Å². The molecule has 6 heteroatoms. The third-order valence-electron chi connectivity index (χ3n) is 5.07. The molecule has 1 aliphatic rings. The summed E-state index contributed by atoms with van der Waals surface area (Å²) in [5.41, 5.74) is 4.63. The summed E-state index contributed by atoms with van der Waals surface area (Å²) in [6.07, 6.45) is 0. The van der Waals surface area contributed by atoms with Gasteiger partial charge in [-0.2, -0.15) is 0 Å². The maximum Gasteiger partial charge on any atom is 0.340 e. The largest absolute Gasteiger partial charge is 0.496 e. The van der Waals surface area contributed by atoms with E-state index < -0.39 is 11.9 Å². The molecule has 0 bridgehead atoms. The molecular formula is C22H20N2O4. The minimum atomic E-state index is -0.629. The van der Waals surface area contributed by atoms with E-state index in [2.05, 4.69) is 10.3 Å². The molecule has 1 aliphatic heterocycles. The van der Waals surface area contributed by atoms with Gasteiger partial charge in [0, 0.05) is 22.5 Å². The number of ether oxygens (including phenoxy) is 2. The van der Waals surface area contributed by atoms with Gasteiger partial charge in [-0.3, -0.25) is 4.79 Å². The molecule has 6 nitrogen and oxygen atoms in total. The molecule has 28 heavy (non-hydrogen) atoms.